The molecule has 0 bridgehead atoms. The van der Waals surface area contributed by atoms with Crippen molar-refractivity contribution in [3.8, 4) is 5.69 Å². The number of thiazole rings is 1. The molecule has 0 saturated carbocycles. The van der Waals surface area contributed by atoms with Crippen LogP contribution >= 0.6 is 23.1 Å². The second-order valence-corrected chi connectivity index (χ2v) is 6.40. The van der Waals surface area contributed by atoms with Gasteiger partial charge in [0.25, 0.3) is 0 Å². The third kappa shape index (κ3) is 4.14. The predicted octanol–water partition coefficient (Wildman–Crippen LogP) is 2.87. The van der Waals surface area contributed by atoms with E-state index in [1.54, 1.807) is 11.6 Å². The Morgan fingerprint density at radius 2 is 2.12 bits per heavy atom. The van der Waals surface area contributed by atoms with Gasteiger partial charge >= 0.3 is 6.18 Å². The van der Waals surface area contributed by atoms with Crippen LogP contribution in [-0.2, 0) is 11.0 Å². The van der Waals surface area contributed by atoms with Crippen LogP contribution in [0.2, 0.25) is 0 Å². The highest BCUT2D eigenvalue weighted by molar-refractivity contribution is 7.99. The van der Waals surface area contributed by atoms with Gasteiger partial charge < -0.3 is 5.32 Å². The molecule has 2 heterocycles. The number of rotatable bonds is 5. The van der Waals surface area contributed by atoms with E-state index in [2.05, 4.69) is 25.8 Å². The van der Waals surface area contributed by atoms with Gasteiger partial charge in [-0.3, -0.25) is 4.79 Å². The molecule has 1 aromatic carbocycles. The molecule has 0 spiro atoms. The molecule has 0 fully saturated rings. The van der Waals surface area contributed by atoms with Crippen LogP contribution in [0.4, 0.5) is 18.3 Å². The summed E-state index contributed by atoms with van der Waals surface area (Å²) < 4.78 is 40.4. The number of tetrazole rings is 1. The van der Waals surface area contributed by atoms with E-state index in [9.17, 15) is 18.0 Å². The lowest BCUT2D eigenvalue weighted by molar-refractivity contribution is -0.137. The maximum Gasteiger partial charge on any atom is 0.418 e. The van der Waals surface area contributed by atoms with Crippen molar-refractivity contribution in [2.24, 2.45) is 0 Å². The number of halogens is 3. The van der Waals surface area contributed by atoms with E-state index in [-0.39, 0.29) is 22.5 Å². The molecule has 0 aliphatic carbocycles. The van der Waals surface area contributed by atoms with Crippen molar-refractivity contribution in [2.45, 2.75) is 11.3 Å². The lowest BCUT2D eigenvalue weighted by Gasteiger charge is -2.12. The molecular formula is C13H9F3N6OS2. The highest BCUT2D eigenvalue weighted by atomic mass is 32.2. The van der Waals surface area contributed by atoms with Gasteiger partial charge in [0.2, 0.25) is 11.1 Å². The van der Waals surface area contributed by atoms with E-state index in [1.165, 1.54) is 29.5 Å². The van der Waals surface area contributed by atoms with Gasteiger partial charge in [-0.05, 0) is 22.6 Å². The Balaban J connectivity index is 1.77. The quantitative estimate of drug-likeness (QED) is 0.679. The maximum atomic E-state index is 13.1. The molecule has 1 amide bonds. The first kappa shape index (κ1) is 17.4. The molecule has 1 N–H and O–H groups in total. The van der Waals surface area contributed by atoms with Gasteiger partial charge in [-0.15, -0.1) is 16.4 Å². The van der Waals surface area contributed by atoms with E-state index in [0.717, 1.165) is 22.5 Å². The van der Waals surface area contributed by atoms with Crippen LogP contribution in [0.3, 0.4) is 0 Å². The van der Waals surface area contributed by atoms with Gasteiger partial charge in [0.05, 0.1) is 17.0 Å². The summed E-state index contributed by atoms with van der Waals surface area (Å²) in [5.74, 6) is -0.438. The molecule has 3 aromatic rings. The summed E-state index contributed by atoms with van der Waals surface area (Å²) in [5.41, 5.74) is -1.07. The van der Waals surface area contributed by atoms with Crippen molar-refractivity contribution < 1.29 is 18.0 Å². The molecule has 0 saturated heterocycles. The van der Waals surface area contributed by atoms with Gasteiger partial charge in [0, 0.05) is 11.6 Å². The molecule has 0 aliphatic rings. The number of amides is 1. The van der Waals surface area contributed by atoms with E-state index in [4.69, 9.17) is 0 Å². The minimum atomic E-state index is -4.55. The third-order valence-corrected chi connectivity index (χ3v) is 4.50. The fraction of sp³-hybridized carbons (Fsp3) is 0.154. The molecule has 2 aromatic heterocycles. The fourth-order valence-electron chi connectivity index (χ4n) is 1.89. The van der Waals surface area contributed by atoms with Crippen molar-refractivity contribution in [2.75, 3.05) is 11.1 Å². The van der Waals surface area contributed by atoms with E-state index < -0.39 is 11.7 Å². The zero-order valence-corrected chi connectivity index (χ0v) is 13.9. The number of nitrogens with zero attached hydrogens (tertiary/aromatic N) is 5. The highest BCUT2D eigenvalue weighted by Gasteiger charge is 2.34. The third-order valence-electron chi connectivity index (χ3n) is 2.89. The zero-order valence-electron chi connectivity index (χ0n) is 12.3. The summed E-state index contributed by atoms with van der Waals surface area (Å²) in [5, 5.41) is 15.5. The maximum absolute atomic E-state index is 13.1. The van der Waals surface area contributed by atoms with Gasteiger partial charge in [-0.25, -0.2) is 4.98 Å². The lowest BCUT2D eigenvalue weighted by atomic mass is 10.2. The van der Waals surface area contributed by atoms with Crippen LogP contribution in [0.15, 0.2) is 41.0 Å². The van der Waals surface area contributed by atoms with Crippen LogP contribution in [0.1, 0.15) is 5.56 Å². The second kappa shape index (κ2) is 7.19. The first-order valence-electron chi connectivity index (χ1n) is 6.72. The summed E-state index contributed by atoms with van der Waals surface area (Å²) in [6, 6.07) is 4.94. The predicted molar refractivity (Wildman–Crippen MR) is 85.6 cm³/mol. The topological polar surface area (TPSA) is 85.6 Å². The molecule has 0 aliphatic heterocycles. The van der Waals surface area contributed by atoms with Gasteiger partial charge in [0.15, 0.2) is 5.13 Å². The smallest absolute Gasteiger partial charge is 0.301 e. The van der Waals surface area contributed by atoms with Crippen LogP contribution in [0.25, 0.3) is 5.69 Å². The lowest BCUT2D eigenvalue weighted by Crippen LogP contribution is -2.15. The van der Waals surface area contributed by atoms with Crippen molar-refractivity contribution >= 4 is 34.1 Å². The Bertz CT molecular complexity index is 865. The summed E-state index contributed by atoms with van der Waals surface area (Å²) in [6.07, 6.45) is -3.01. The van der Waals surface area contributed by atoms with E-state index in [1.807, 2.05) is 0 Å². The number of carbonyl (C=O) groups excluding carboxylic acids is 1. The van der Waals surface area contributed by atoms with Gasteiger partial charge in [0.1, 0.15) is 0 Å². The van der Waals surface area contributed by atoms with E-state index >= 15 is 0 Å². The molecule has 0 radical (unpaired) electrons. The van der Waals surface area contributed by atoms with Gasteiger partial charge in [-0.2, -0.15) is 17.9 Å². The number of hydrogen-bond acceptors (Lipinski definition) is 7. The van der Waals surface area contributed by atoms with Crippen LogP contribution < -0.4 is 5.32 Å². The summed E-state index contributed by atoms with van der Waals surface area (Å²) in [4.78, 5) is 15.8. The number of carbonyl (C=O) groups is 1. The number of aromatic nitrogens is 5. The molecule has 12 heteroatoms. The van der Waals surface area contributed by atoms with Gasteiger partial charge in [-0.1, -0.05) is 23.9 Å². The summed E-state index contributed by atoms with van der Waals surface area (Å²) >= 11 is 2.18. The monoisotopic (exact) mass is 386 g/mol. The average Bonchev–Trinajstić information content (AvgIpc) is 3.23. The molecular weight excluding hydrogens is 377 g/mol. The number of para-hydroxylation sites is 1. The molecule has 0 atom stereocenters. The first-order valence-corrected chi connectivity index (χ1v) is 8.59. The Morgan fingerprint density at radius 1 is 1.32 bits per heavy atom. The van der Waals surface area contributed by atoms with Crippen LogP contribution in [0.5, 0.6) is 0 Å². The second-order valence-electron chi connectivity index (χ2n) is 4.56. The largest absolute Gasteiger partial charge is 0.418 e. The number of nitrogens with one attached hydrogen (secondary N) is 1. The number of benzene rings is 1. The van der Waals surface area contributed by atoms with Crippen molar-refractivity contribution in [1.29, 1.82) is 0 Å². The molecule has 7 nitrogen and oxygen atoms in total. The minimum Gasteiger partial charge on any atom is -0.301 e. The molecule has 130 valence electrons. The zero-order chi connectivity index (χ0) is 17.9. The van der Waals surface area contributed by atoms with Crippen LogP contribution in [-0.4, -0.2) is 36.9 Å². The molecule has 0 unspecified atom stereocenters. The minimum absolute atomic E-state index is 0.0750. The number of alkyl halides is 3. The average molecular weight is 386 g/mol. The first-order chi connectivity index (χ1) is 11.9. The number of anilines is 1. The molecule has 25 heavy (non-hydrogen) atoms. The Labute approximate surface area is 147 Å². The summed E-state index contributed by atoms with van der Waals surface area (Å²) in [6.45, 7) is 0. The van der Waals surface area contributed by atoms with Crippen molar-refractivity contribution in [3.05, 3.63) is 41.4 Å². The number of hydrogen-bond donors (Lipinski definition) is 1. The Kier molecular flexibility index (Phi) is 4.99. The molecule has 3 rings (SSSR count). The normalized spacial score (nSPS) is 11.5. The SMILES string of the molecule is O=C(CSc1nnnn1-c1ccccc1C(F)(F)F)Nc1nccs1. The Hall–Kier alpha value is -2.47. The Morgan fingerprint density at radius 3 is 2.84 bits per heavy atom. The van der Waals surface area contributed by atoms with Crippen LogP contribution in [0, 0.1) is 0 Å². The fourth-order valence-corrected chi connectivity index (χ4v) is 3.12. The van der Waals surface area contributed by atoms with Crippen molar-refractivity contribution in [3.63, 3.8) is 0 Å². The van der Waals surface area contributed by atoms with Crippen molar-refractivity contribution in [1.82, 2.24) is 25.2 Å². The highest BCUT2D eigenvalue weighted by Crippen LogP contribution is 2.34. The number of thioether (sulfide) groups is 1. The van der Waals surface area contributed by atoms with E-state index in [0.29, 0.717) is 5.13 Å². The standard InChI is InChI=1S/C13H9F3N6OS2/c14-13(15,16)8-3-1-2-4-9(8)22-12(19-20-21-22)25-7-10(23)18-11-17-5-6-24-11/h1-6H,7H2,(H,17,18,23). The summed E-state index contributed by atoms with van der Waals surface area (Å²) in [7, 11) is 0.